The van der Waals surface area contributed by atoms with Crippen LogP contribution in [0, 0.1) is 5.82 Å². The minimum atomic E-state index is -4.41. The van der Waals surface area contributed by atoms with Crippen LogP contribution in [-0.2, 0) is 16.4 Å². The zero-order valence-electron chi connectivity index (χ0n) is 12.7. The number of carbonyl (C=O) groups is 1. The molecule has 2 aromatic carbocycles. The maximum atomic E-state index is 13.1. The van der Waals surface area contributed by atoms with Crippen molar-refractivity contribution in [3.63, 3.8) is 0 Å². The summed E-state index contributed by atoms with van der Waals surface area (Å²) in [7, 11) is 0. The average molecular weight is 337 g/mol. The molecular weight excluding hydrogens is 322 g/mol. The van der Waals surface area contributed by atoms with Gasteiger partial charge in [-0.2, -0.15) is 13.2 Å². The molecule has 0 aromatic heterocycles. The monoisotopic (exact) mass is 337 g/mol. The molecule has 0 unspecified atom stereocenters. The first-order chi connectivity index (χ1) is 11.3. The highest BCUT2D eigenvalue weighted by Gasteiger charge is 2.45. The Balaban J connectivity index is 1.79. The van der Waals surface area contributed by atoms with E-state index in [0.717, 1.165) is 24.1 Å². The minimum Gasteiger partial charge on any atom is -0.325 e. The molecule has 1 aliphatic rings. The van der Waals surface area contributed by atoms with Crippen LogP contribution >= 0.6 is 0 Å². The molecule has 1 saturated carbocycles. The highest BCUT2D eigenvalue weighted by molar-refractivity contribution is 5.99. The van der Waals surface area contributed by atoms with Crippen LogP contribution in [0.5, 0.6) is 0 Å². The molecule has 0 atom stereocenters. The van der Waals surface area contributed by atoms with Gasteiger partial charge in [-0.1, -0.05) is 18.6 Å². The third kappa shape index (κ3) is 3.00. The van der Waals surface area contributed by atoms with Crippen molar-refractivity contribution in [2.24, 2.45) is 0 Å². The summed E-state index contributed by atoms with van der Waals surface area (Å²) in [6.45, 7) is 0. The summed E-state index contributed by atoms with van der Waals surface area (Å²) < 4.78 is 50.8. The quantitative estimate of drug-likeness (QED) is 0.793. The summed E-state index contributed by atoms with van der Waals surface area (Å²) in [5.41, 5.74) is -0.477. The molecule has 0 saturated heterocycles. The number of rotatable bonds is 3. The lowest BCUT2D eigenvalue weighted by Gasteiger charge is -2.40. The number of hydrogen-bond acceptors (Lipinski definition) is 1. The van der Waals surface area contributed by atoms with E-state index >= 15 is 0 Å². The molecule has 126 valence electrons. The number of benzene rings is 2. The van der Waals surface area contributed by atoms with Crippen molar-refractivity contribution in [1.82, 2.24) is 0 Å². The van der Waals surface area contributed by atoms with E-state index in [2.05, 4.69) is 5.32 Å². The standard InChI is InChI=1S/C18H15F4NO/c19-14-6-2-12(3-7-14)17(10-1-11-17)16(24)23-15-8-4-13(5-9-15)18(20,21)22/h2-9H,1,10-11H2,(H,23,24). The predicted molar refractivity (Wildman–Crippen MR) is 82.0 cm³/mol. The Morgan fingerprint density at radius 3 is 2.00 bits per heavy atom. The van der Waals surface area contributed by atoms with Crippen LogP contribution in [-0.4, -0.2) is 5.91 Å². The molecule has 1 amide bonds. The molecule has 6 heteroatoms. The van der Waals surface area contributed by atoms with Crippen molar-refractivity contribution < 1.29 is 22.4 Å². The number of anilines is 1. The van der Waals surface area contributed by atoms with E-state index in [1.165, 1.54) is 24.3 Å². The molecule has 2 nitrogen and oxygen atoms in total. The van der Waals surface area contributed by atoms with E-state index in [1.807, 2.05) is 0 Å². The first-order valence-corrected chi connectivity index (χ1v) is 7.56. The Morgan fingerprint density at radius 1 is 0.958 bits per heavy atom. The minimum absolute atomic E-state index is 0.278. The van der Waals surface area contributed by atoms with Gasteiger partial charge in [-0.15, -0.1) is 0 Å². The summed E-state index contributed by atoms with van der Waals surface area (Å²) in [4.78, 5) is 12.7. The van der Waals surface area contributed by atoms with Gasteiger partial charge in [0.25, 0.3) is 0 Å². The van der Waals surface area contributed by atoms with Gasteiger partial charge in [0, 0.05) is 5.69 Å². The van der Waals surface area contributed by atoms with Crippen LogP contribution < -0.4 is 5.32 Å². The number of carbonyl (C=O) groups excluding carboxylic acids is 1. The van der Waals surface area contributed by atoms with Crippen LogP contribution in [0.2, 0.25) is 0 Å². The third-order valence-electron chi connectivity index (χ3n) is 4.51. The normalized spacial score (nSPS) is 16.3. The third-order valence-corrected chi connectivity index (χ3v) is 4.51. The van der Waals surface area contributed by atoms with E-state index < -0.39 is 17.2 Å². The topological polar surface area (TPSA) is 29.1 Å². The number of nitrogens with one attached hydrogen (secondary N) is 1. The van der Waals surface area contributed by atoms with E-state index in [-0.39, 0.29) is 11.7 Å². The van der Waals surface area contributed by atoms with Crippen molar-refractivity contribution in [2.75, 3.05) is 5.32 Å². The highest BCUT2D eigenvalue weighted by atomic mass is 19.4. The van der Waals surface area contributed by atoms with Gasteiger partial charge < -0.3 is 5.32 Å². The van der Waals surface area contributed by atoms with E-state index in [0.29, 0.717) is 18.5 Å². The summed E-state index contributed by atoms with van der Waals surface area (Å²) in [6.07, 6.45) is -2.28. The van der Waals surface area contributed by atoms with Crippen LogP contribution in [0.4, 0.5) is 23.2 Å². The largest absolute Gasteiger partial charge is 0.416 e. The lowest BCUT2D eigenvalue weighted by Crippen LogP contribution is -2.46. The van der Waals surface area contributed by atoms with Gasteiger partial charge in [0.15, 0.2) is 0 Å². The maximum Gasteiger partial charge on any atom is 0.416 e. The Morgan fingerprint density at radius 2 is 1.54 bits per heavy atom. The lowest BCUT2D eigenvalue weighted by atomic mass is 9.64. The number of halogens is 4. The smallest absolute Gasteiger partial charge is 0.325 e. The second-order valence-corrected chi connectivity index (χ2v) is 5.97. The van der Waals surface area contributed by atoms with Gasteiger partial charge in [-0.3, -0.25) is 4.79 Å². The van der Waals surface area contributed by atoms with Crippen molar-refractivity contribution in [3.05, 3.63) is 65.5 Å². The zero-order chi connectivity index (χ0) is 17.4. The fraction of sp³-hybridized carbons (Fsp3) is 0.278. The fourth-order valence-corrected chi connectivity index (χ4v) is 2.94. The van der Waals surface area contributed by atoms with Gasteiger partial charge in [-0.25, -0.2) is 4.39 Å². The lowest BCUT2D eigenvalue weighted by molar-refractivity contribution is -0.137. The Labute approximate surface area is 136 Å². The van der Waals surface area contributed by atoms with Crippen LogP contribution in [0.3, 0.4) is 0 Å². The molecule has 2 aromatic rings. The second-order valence-electron chi connectivity index (χ2n) is 5.97. The molecule has 1 N–H and O–H groups in total. The van der Waals surface area contributed by atoms with Crippen LogP contribution in [0.25, 0.3) is 0 Å². The Kier molecular flexibility index (Phi) is 4.07. The predicted octanol–water partition coefficient (Wildman–Crippen LogP) is 4.90. The molecule has 0 aliphatic heterocycles. The SMILES string of the molecule is O=C(Nc1ccc(C(F)(F)F)cc1)C1(c2ccc(F)cc2)CCC1. The summed E-state index contributed by atoms with van der Waals surface area (Å²) in [5.74, 6) is -0.656. The van der Waals surface area contributed by atoms with Gasteiger partial charge in [0.1, 0.15) is 5.82 Å². The van der Waals surface area contributed by atoms with Gasteiger partial charge >= 0.3 is 6.18 Å². The molecule has 1 aliphatic carbocycles. The van der Waals surface area contributed by atoms with Crippen molar-refractivity contribution in [1.29, 1.82) is 0 Å². The molecule has 3 rings (SSSR count). The average Bonchev–Trinajstić information content (AvgIpc) is 2.47. The molecule has 0 bridgehead atoms. The molecule has 1 fully saturated rings. The van der Waals surface area contributed by atoms with Gasteiger partial charge in [0.05, 0.1) is 11.0 Å². The molecule has 0 radical (unpaired) electrons. The summed E-state index contributed by atoms with van der Waals surface area (Å²) in [5, 5.41) is 2.68. The number of amides is 1. The van der Waals surface area contributed by atoms with Gasteiger partial charge in [-0.05, 0) is 54.8 Å². The summed E-state index contributed by atoms with van der Waals surface area (Å²) >= 11 is 0. The molecule has 0 spiro atoms. The first kappa shape index (κ1) is 16.5. The maximum absolute atomic E-state index is 13.1. The van der Waals surface area contributed by atoms with Crippen LogP contribution in [0.15, 0.2) is 48.5 Å². The molecule has 0 heterocycles. The summed E-state index contributed by atoms with van der Waals surface area (Å²) in [6, 6.07) is 10.1. The zero-order valence-corrected chi connectivity index (χ0v) is 12.7. The van der Waals surface area contributed by atoms with E-state index in [9.17, 15) is 22.4 Å². The number of alkyl halides is 3. The van der Waals surface area contributed by atoms with E-state index in [1.54, 1.807) is 12.1 Å². The van der Waals surface area contributed by atoms with E-state index in [4.69, 9.17) is 0 Å². The van der Waals surface area contributed by atoms with Crippen molar-refractivity contribution >= 4 is 11.6 Å². The fourth-order valence-electron chi connectivity index (χ4n) is 2.94. The second kappa shape index (κ2) is 5.92. The van der Waals surface area contributed by atoms with Crippen LogP contribution in [0.1, 0.15) is 30.4 Å². The molecular formula is C18H15F4NO. The Hall–Kier alpha value is -2.37. The molecule has 24 heavy (non-hydrogen) atoms. The first-order valence-electron chi connectivity index (χ1n) is 7.56. The van der Waals surface area contributed by atoms with Gasteiger partial charge in [0.2, 0.25) is 5.91 Å². The highest BCUT2D eigenvalue weighted by Crippen LogP contribution is 2.44. The Bertz CT molecular complexity index is 731. The number of hydrogen-bond donors (Lipinski definition) is 1. The van der Waals surface area contributed by atoms with Crippen molar-refractivity contribution in [2.45, 2.75) is 30.9 Å². The van der Waals surface area contributed by atoms with Crippen molar-refractivity contribution in [3.8, 4) is 0 Å².